The molecule has 0 radical (unpaired) electrons. The number of anilines is 1. The van der Waals surface area contributed by atoms with E-state index in [1.54, 1.807) is 31.2 Å². The highest BCUT2D eigenvalue weighted by Crippen LogP contribution is 2.27. The van der Waals surface area contributed by atoms with E-state index in [2.05, 4.69) is 0 Å². The molecule has 9 nitrogen and oxygen atoms in total. The summed E-state index contributed by atoms with van der Waals surface area (Å²) in [4.78, 5) is 15.1. The number of benzene rings is 2. The summed E-state index contributed by atoms with van der Waals surface area (Å²) >= 11 is 0. The number of carbonyl (C=O) groups excluding carboxylic acids is 1. The van der Waals surface area contributed by atoms with Gasteiger partial charge in [-0.1, -0.05) is 23.8 Å². The molecule has 1 saturated heterocycles. The normalized spacial score (nSPS) is 19.7. The van der Waals surface area contributed by atoms with Gasteiger partial charge in [-0.05, 0) is 64.1 Å². The van der Waals surface area contributed by atoms with Gasteiger partial charge in [0, 0.05) is 19.3 Å². The minimum Gasteiger partial charge on any atom is -0.457 e. The number of carbonyl (C=O) groups is 1. The molecule has 1 N–H and O–H groups in total. The highest BCUT2D eigenvalue weighted by atomic mass is 32.2. The molecule has 0 spiro atoms. The lowest BCUT2D eigenvalue weighted by Crippen LogP contribution is -2.58. The van der Waals surface area contributed by atoms with Crippen molar-refractivity contribution in [1.82, 2.24) is 9.96 Å². The van der Waals surface area contributed by atoms with E-state index in [0.717, 1.165) is 11.8 Å². The number of hydrogen-bond acceptors (Lipinski definition) is 7. The molecule has 2 aromatic carbocycles. The number of amides is 1. The first kappa shape index (κ1) is 27.7. The highest BCUT2D eigenvalue weighted by Gasteiger charge is 2.37. The fourth-order valence-electron chi connectivity index (χ4n) is 4.20. The molecular formula is C26H35N3O6S. The Labute approximate surface area is 213 Å². The van der Waals surface area contributed by atoms with Crippen LogP contribution in [-0.4, -0.2) is 73.6 Å². The number of hydrogen-bond donors (Lipinski definition) is 1. The van der Waals surface area contributed by atoms with Crippen molar-refractivity contribution in [1.29, 1.82) is 0 Å². The van der Waals surface area contributed by atoms with Gasteiger partial charge >= 0.3 is 0 Å². The third-order valence-electron chi connectivity index (χ3n) is 5.81. The summed E-state index contributed by atoms with van der Waals surface area (Å²) in [6.45, 7) is 8.12. The van der Waals surface area contributed by atoms with Gasteiger partial charge in [0.15, 0.2) is 0 Å². The van der Waals surface area contributed by atoms with Gasteiger partial charge in [-0.2, -0.15) is 5.06 Å². The molecule has 196 valence electrons. The fraction of sp³-hybridized carbons (Fsp3) is 0.423. The topological polar surface area (TPSA) is 99.6 Å². The first-order valence-corrected chi connectivity index (χ1v) is 13.7. The van der Waals surface area contributed by atoms with Gasteiger partial charge < -0.3 is 9.47 Å². The maximum Gasteiger partial charge on any atom is 0.269 e. The van der Waals surface area contributed by atoms with Crippen LogP contribution in [0.25, 0.3) is 0 Å². The zero-order valence-corrected chi connectivity index (χ0v) is 22.2. The van der Waals surface area contributed by atoms with Crippen molar-refractivity contribution in [3.63, 3.8) is 0 Å². The smallest absolute Gasteiger partial charge is 0.269 e. The second kappa shape index (κ2) is 11.9. The molecular weight excluding hydrogens is 482 g/mol. The summed E-state index contributed by atoms with van der Waals surface area (Å²) in [6, 6.07) is 13.3. The largest absolute Gasteiger partial charge is 0.457 e. The molecule has 1 heterocycles. The minimum atomic E-state index is -3.76. The zero-order valence-electron chi connectivity index (χ0n) is 21.4. The summed E-state index contributed by atoms with van der Waals surface area (Å²) in [5.41, 5.74) is 1.50. The van der Waals surface area contributed by atoms with Crippen molar-refractivity contribution in [2.45, 2.75) is 45.9 Å². The van der Waals surface area contributed by atoms with Gasteiger partial charge in [-0.25, -0.2) is 8.42 Å². The first-order valence-electron chi connectivity index (χ1n) is 11.8. The predicted octanol–water partition coefficient (Wildman–Crippen LogP) is 3.78. The molecule has 1 fully saturated rings. The molecule has 0 aliphatic carbocycles. The number of sulfonamides is 1. The Bertz CT molecular complexity index is 1140. The van der Waals surface area contributed by atoms with Crippen molar-refractivity contribution < 1.29 is 27.9 Å². The number of rotatable bonds is 9. The molecule has 1 aliphatic rings. The van der Waals surface area contributed by atoms with Gasteiger partial charge in [-0.3, -0.25) is 19.2 Å². The zero-order chi connectivity index (χ0) is 26.5. The van der Waals surface area contributed by atoms with Gasteiger partial charge in [0.2, 0.25) is 10.0 Å². The van der Waals surface area contributed by atoms with E-state index < -0.39 is 22.0 Å². The highest BCUT2D eigenvalue weighted by molar-refractivity contribution is 7.92. The van der Waals surface area contributed by atoms with E-state index in [4.69, 9.17) is 9.47 Å². The van der Waals surface area contributed by atoms with E-state index in [0.29, 0.717) is 35.3 Å². The molecule has 0 aromatic heterocycles. The molecule has 36 heavy (non-hydrogen) atoms. The van der Waals surface area contributed by atoms with Crippen LogP contribution in [0.4, 0.5) is 5.69 Å². The van der Waals surface area contributed by atoms with E-state index in [9.17, 15) is 18.4 Å². The maximum atomic E-state index is 13.2. The molecule has 1 amide bonds. The van der Waals surface area contributed by atoms with Crippen LogP contribution in [0.1, 0.15) is 26.3 Å². The molecule has 10 heteroatoms. The second-order valence-corrected chi connectivity index (χ2v) is 11.0. The first-order chi connectivity index (χ1) is 17.0. The van der Waals surface area contributed by atoms with E-state index in [1.165, 1.54) is 16.6 Å². The van der Waals surface area contributed by atoms with Crippen molar-refractivity contribution in [3.8, 4) is 11.5 Å². The third-order valence-corrected chi connectivity index (χ3v) is 6.97. The molecule has 0 bridgehead atoms. The van der Waals surface area contributed by atoms with Crippen LogP contribution in [0.3, 0.4) is 0 Å². The SMILES string of the molecule is C/C=C/N(O)C(=O)[C@H](CN(c1ccc(Oc2ccc(C)cc2)cc1)S(C)(=O)=O)N1C[C@@H](C)O[C@@H](C)C1. The lowest BCUT2D eigenvalue weighted by molar-refractivity contribution is -0.164. The monoisotopic (exact) mass is 517 g/mol. The summed E-state index contributed by atoms with van der Waals surface area (Å²) in [7, 11) is -3.76. The number of hydroxylamine groups is 2. The van der Waals surface area contributed by atoms with Crippen LogP contribution in [0.5, 0.6) is 11.5 Å². The van der Waals surface area contributed by atoms with Crippen LogP contribution in [0.2, 0.25) is 0 Å². The summed E-state index contributed by atoms with van der Waals surface area (Å²) < 4.78 is 38.5. The van der Waals surface area contributed by atoms with Gasteiger partial charge in [0.1, 0.15) is 17.5 Å². The molecule has 1 aliphatic heterocycles. The quantitative estimate of drug-likeness (QED) is 0.399. The lowest BCUT2D eigenvalue weighted by atomic mass is 10.1. The number of allylic oxidation sites excluding steroid dienone is 1. The number of aryl methyl sites for hydroxylation is 1. The Hall–Kier alpha value is -2.92. The van der Waals surface area contributed by atoms with Gasteiger partial charge in [0.05, 0.1) is 30.7 Å². The summed E-state index contributed by atoms with van der Waals surface area (Å²) in [5, 5.41) is 10.8. The van der Waals surface area contributed by atoms with Crippen molar-refractivity contribution >= 4 is 21.6 Å². The summed E-state index contributed by atoms with van der Waals surface area (Å²) in [6.07, 6.45) is 3.56. The fourth-order valence-corrected chi connectivity index (χ4v) is 5.12. The molecule has 3 rings (SSSR count). The molecule has 0 unspecified atom stereocenters. The number of ether oxygens (including phenoxy) is 2. The van der Waals surface area contributed by atoms with Crippen LogP contribution in [0, 0.1) is 6.92 Å². The standard InChI is InChI=1S/C26H35N3O6S/c1-6-15-28(31)26(30)25(27-16-20(3)34-21(4)17-27)18-29(36(5,32)33)22-9-13-24(14-10-22)35-23-11-7-19(2)8-12-23/h6-15,20-21,25,31H,16-18H2,1-5H3/b15-6+/t20-,21+,25-/m0/s1. The van der Waals surface area contributed by atoms with Crippen LogP contribution in [-0.2, 0) is 19.6 Å². The maximum absolute atomic E-state index is 13.2. The minimum absolute atomic E-state index is 0.150. The Morgan fingerprint density at radius 1 is 1.11 bits per heavy atom. The van der Waals surface area contributed by atoms with E-state index in [1.807, 2.05) is 49.9 Å². The number of morpholine rings is 1. The predicted molar refractivity (Wildman–Crippen MR) is 139 cm³/mol. The molecule has 3 atom stereocenters. The van der Waals surface area contributed by atoms with Gasteiger partial charge in [0.25, 0.3) is 5.91 Å². The van der Waals surface area contributed by atoms with Crippen LogP contribution < -0.4 is 9.04 Å². The van der Waals surface area contributed by atoms with Crippen LogP contribution in [0.15, 0.2) is 60.8 Å². The Balaban J connectivity index is 1.89. The van der Waals surface area contributed by atoms with Crippen molar-refractivity contribution in [2.24, 2.45) is 0 Å². The van der Waals surface area contributed by atoms with Crippen molar-refractivity contribution in [2.75, 3.05) is 30.2 Å². The Morgan fingerprint density at radius 2 is 1.64 bits per heavy atom. The summed E-state index contributed by atoms with van der Waals surface area (Å²) in [5.74, 6) is 0.595. The Kier molecular flexibility index (Phi) is 9.13. The third kappa shape index (κ3) is 7.30. The van der Waals surface area contributed by atoms with Gasteiger partial charge in [-0.15, -0.1) is 0 Å². The number of nitrogens with zero attached hydrogens (tertiary/aromatic N) is 3. The van der Waals surface area contributed by atoms with E-state index >= 15 is 0 Å². The van der Waals surface area contributed by atoms with Crippen molar-refractivity contribution in [3.05, 3.63) is 66.4 Å². The Morgan fingerprint density at radius 3 is 2.14 bits per heavy atom. The second-order valence-electron chi connectivity index (χ2n) is 9.10. The molecule has 0 saturated carbocycles. The average Bonchev–Trinajstić information content (AvgIpc) is 2.80. The average molecular weight is 518 g/mol. The molecule has 2 aromatic rings. The van der Waals surface area contributed by atoms with E-state index in [-0.39, 0.29) is 18.8 Å². The van der Waals surface area contributed by atoms with Crippen LogP contribution >= 0.6 is 0 Å². The lowest BCUT2D eigenvalue weighted by Gasteiger charge is -2.41.